The van der Waals surface area contributed by atoms with Crippen molar-refractivity contribution in [1.82, 2.24) is 5.32 Å². The maximum Gasteiger partial charge on any atom is 0.416 e. The van der Waals surface area contributed by atoms with Crippen LogP contribution in [0.2, 0.25) is 0 Å². The minimum atomic E-state index is -4.54. The van der Waals surface area contributed by atoms with E-state index >= 15 is 0 Å². The largest absolute Gasteiger partial charge is 0.416 e. The smallest absolute Gasteiger partial charge is 0.368 e. The van der Waals surface area contributed by atoms with Gasteiger partial charge in [-0.25, -0.2) is 0 Å². The Hall–Kier alpha value is -4.39. The quantitative estimate of drug-likeness (QED) is 0.323. The third-order valence-corrected chi connectivity index (χ3v) is 6.30. The third kappa shape index (κ3) is 5.40. The van der Waals surface area contributed by atoms with Crippen molar-refractivity contribution in [2.24, 2.45) is 5.73 Å². The first kappa shape index (κ1) is 25.7. The first-order valence-electron chi connectivity index (χ1n) is 11.7. The molecule has 0 aliphatic carbocycles. The Morgan fingerprint density at radius 2 is 1.11 bits per heavy atom. The van der Waals surface area contributed by atoms with Gasteiger partial charge in [-0.1, -0.05) is 109 Å². The molecule has 0 heterocycles. The zero-order valence-corrected chi connectivity index (χ0v) is 19.8. The van der Waals surface area contributed by atoms with E-state index in [0.29, 0.717) is 16.7 Å². The Morgan fingerprint density at radius 3 is 1.51 bits per heavy atom. The molecule has 0 aromatic heterocycles. The second kappa shape index (κ2) is 10.7. The molecule has 0 spiro atoms. The van der Waals surface area contributed by atoms with E-state index < -0.39 is 35.0 Å². The van der Waals surface area contributed by atoms with Gasteiger partial charge in [0.2, 0.25) is 11.8 Å². The standard InChI is InChI=1S/C30H25F3N2O2/c31-30(32,33)25-18-10-11-21(19-25)20-26(27(34)36)35-28(37)29(22-12-4-1-5-13-22,23-14-6-2-7-15-23)24-16-8-3-9-17-24/h1-19,26H,20H2,(H2,34,36)(H,35,37)/t26-/m0/s1. The van der Waals surface area contributed by atoms with Crippen molar-refractivity contribution in [3.8, 4) is 0 Å². The molecule has 7 heteroatoms. The van der Waals surface area contributed by atoms with Crippen LogP contribution in [0.3, 0.4) is 0 Å². The minimum Gasteiger partial charge on any atom is -0.368 e. The second-order valence-electron chi connectivity index (χ2n) is 8.68. The number of hydrogen-bond acceptors (Lipinski definition) is 2. The Kier molecular flexibility index (Phi) is 7.43. The lowest BCUT2D eigenvalue weighted by atomic mass is 9.68. The van der Waals surface area contributed by atoms with Crippen LogP contribution in [0.1, 0.15) is 27.8 Å². The third-order valence-electron chi connectivity index (χ3n) is 6.30. The summed E-state index contributed by atoms with van der Waals surface area (Å²) in [6, 6.07) is 30.8. The molecule has 0 bridgehead atoms. The predicted molar refractivity (Wildman–Crippen MR) is 135 cm³/mol. The van der Waals surface area contributed by atoms with E-state index in [0.717, 1.165) is 12.1 Å². The van der Waals surface area contributed by atoms with Crippen LogP contribution in [-0.2, 0) is 27.6 Å². The lowest BCUT2D eigenvalue weighted by Gasteiger charge is -2.35. The van der Waals surface area contributed by atoms with E-state index in [9.17, 15) is 22.8 Å². The molecule has 4 aromatic carbocycles. The molecule has 0 radical (unpaired) electrons. The highest BCUT2D eigenvalue weighted by Crippen LogP contribution is 2.39. The molecule has 0 aliphatic rings. The molecular weight excluding hydrogens is 477 g/mol. The molecule has 0 saturated heterocycles. The Morgan fingerprint density at radius 1 is 0.676 bits per heavy atom. The molecule has 4 nitrogen and oxygen atoms in total. The summed E-state index contributed by atoms with van der Waals surface area (Å²) in [5, 5.41) is 2.76. The number of amides is 2. The molecule has 0 fully saturated rings. The number of hydrogen-bond donors (Lipinski definition) is 2. The monoisotopic (exact) mass is 502 g/mol. The molecule has 1 atom stereocenters. The fourth-order valence-corrected chi connectivity index (χ4v) is 4.56. The molecule has 2 amide bonds. The molecule has 4 rings (SSSR count). The number of nitrogens with one attached hydrogen (secondary N) is 1. The average Bonchev–Trinajstić information content (AvgIpc) is 2.90. The van der Waals surface area contributed by atoms with Gasteiger partial charge in [0.25, 0.3) is 0 Å². The van der Waals surface area contributed by atoms with Crippen LogP contribution >= 0.6 is 0 Å². The fourth-order valence-electron chi connectivity index (χ4n) is 4.56. The Bertz CT molecular complexity index is 1260. The number of nitrogens with two attached hydrogens (primary N) is 1. The van der Waals surface area contributed by atoms with E-state index in [4.69, 9.17) is 5.73 Å². The van der Waals surface area contributed by atoms with E-state index in [1.165, 1.54) is 12.1 Å². The van der Waals surface area contributed by atoms with Crippen molar-refractivity contribution >= 4 is 11.8 Å². The molecule has 0 aliphatic heterocycles. The van der Waals surface area contributed by atoms with Crippen LogP contribution in [-0.4, -0.2) is 17.9 Å². The number of carbonyl (C=O) groups excluding carboxylic acids is 2. The highest BCUT2D eigenvalue weighted by atomic mass is 19.4. The van der Waals surface area contributed by atoms with Gasteiger partial charge in [0.1, 0.15) is 11.5 Å². The van der Waals surface area contributed by atoms with Crippen molar-refractivity contribution in [1.29, 1.82) is 0 Å². The van der Waals surface area contributed by atoms with Crippen molar-refractivity contribution in [2.45, 2.75) is 24.1 Å². The first-order chi connectivity index (χ1) is 17.7. The van der Waals surface area contributed by atoms with Crippen LogP contribution in [0.5, 0.6) is 0 Å². The number of alkyl halides is 3. The molecule has 188 valence electrons. The molecular formula is C30H25F3N2O2. The van der Waals surface area contributed by atoms with Gasteiger partial charge in [0.15, 0.2) is 0 Å². The fraction of sp³-hybridized carbons (Fsp3) is 0.133. The SMILES string of the molecule is NC(=O)[C@H](Cc1cccc(C(F)(F)F)c1)NC(=O)C(c1ccccc1)(c1ccccc1)c1ccccc1. The van der Waals surface area contributed by atoms with Crippen molar-refractivity contribution in [2.75, 3.05) is 0 Å². The van der Waals surface area contributed by atoms with Crippen molar-refractivity contribution < 1.29 is 22.8 Å². The normalized spacial score (nSPS) is 12.5. The van der Waals surface area contributed by atoms with E-state index in [1.807, 2.05) is 91.0 Å². The molecule has 0 unspecified atom stereocenters. The lowest BCUT2D eigenvalue weighted by Crippen LogP contribution is -2.54. The number of rotatable bonds is 8. The van der Waals surface area contributed by atoms with Crippen LogP contribution in [0, 0.1) is 0 Å². The molecule has 4 aromatic rings. The van der Waals surface area contributed by atoms with E-state index in [2.05, 4.69) is 5.32 Å². The van der Waals surface area contributed by atoms with Crippen LogP contribution in [0.4, 0.5) is 13.2 Å². The lowest BCUT2D eigenvalue weighted by molar-refractivity contribution is -0.137. The summed E-state index contributed by atoms with van der Waals surface area (Å²) in [6.45, 7) is 0. The number of primary amides is 1. The summed E-state index contributed by atoms with van der Waals surface area (Å²) in [5.41, 5.74) is 5.65. The van der Waals surface area contributed by atoms with Gasteiger partial charge >= 0.3 is 6.18 Å². The first-order valence-corrected chi connectivity index (χ1v) is 11.7. The maximum absolute atomic E-state index is 14.3. The summed E-state index contributed by atoms with van der Waals surface area (Å²) in [7, 11) is 0. The predicted octanol–water partition coefficient (Wildman–Crippen LogP) is 5.25. The molecule has 0 saturated carbocycles. The van der Waals surface area contributed by atoms with Gasteiger partial charge in [-0.3, -0.25) is 9.59 Å². The average molecular weight is 503 g/mol. The Balaban J connectivity index is 1.80. The van der Waals surface area contributed by atoms with Gasteiger partial charge in [-0.15, -0.1) is 0 Å². The van der Waals surface area contributed by atoms with Gasteiger partial charge in [0.05, 0.1) is 5.56 Å². The minimum absolute atomic E-state index is 0.195. The summed E-state index contributed by atoms with van der Waals surface area (Å²) in [4.78, 5) is 26.7. The zero-order valence-electron chi connectivity index (χ0n) is 19.8. The van der Waals surface area contributed by atoms with Gasteiger partial charge < -0.3 is 11.1 Å². The number of benzene rings is 4. The van der Waals surface area contributed by atoms with Gasteiger partial charge in [-0.2, -0.15) is 13.2 Å². The van der Waals surface area contributed by atoms with E-state index in [1.54, 1.807) is 0 Å². The van der Waals surface area contributed by atoms with Gasteiger partial charge in [0, 0.05) is 6.42 Å². The van der Waals surface area contributed by atoms with Crippen LogP contribution < -0.4 is 11.1 Å². The summed E-state index contributed by atoms with van der Waals surface area (Å²) < 4.78 is 39.7. The molecule has 3 N–H and O–H groups in total. The van der Waals surface area contributed by atoms with Crippen LogP contribution in [0.25, 0.3) is 0 Å². The topological polar surface area (TPSA) is 72.2 Å². The second-order valence-corrected chi connectivity index (χ2v) is 8.68. The Labute approximate surface area is 213 Å². The van der Waals surface area contributed by atoms with E-state index in [-0.39, 0.29) is 12.0 Å². The highest BCUT2D eigenvalue weighted by molar-refractivity contribution is 5.98. The summed E-state index contributed by atoms with van der Waals surface area (Å²) in [6.07, 6.45) is -4.73. The summed E-state index contributed by atoms with van der Waals surface area (Å²) in [5.74, 6) is -1.37. The summed E-state index contributed by atoms with van der Waals surface area (Å²) >= 11 is 0. The number of halogens is 3. The van der Waals surface area contributed by atoms with Crippen LogP contribution in [0.15, 0.2) is 115 Å². The highest BCUT2D eigenvalue weighted by Gasteiger charge is 2.44. The number of carbonyl (C=O) groups is 2. The zero-order chi connectivity index (χ0) is 26.5. The van der Waals surface area contributed by atoms with Gasteiger partial charge in [-0.05, 0) is 28.3 Å². The van der Waals surface area contributed by atoms with Crippen molar-refractivity contribution in [3.63, 3.8) is 0 Å². The van der Waals surface area contributed by atoms with Crippen molar-refractivity contribution in [3.05, 3.63) is 143 Å². The maximum atomic E-state index is 14.3. The molecule has 37 heavy (non-hydrogen) atoms.